The maximum atomic E-state index is 11.8. The molecule has 1 unspecified atom stereocenters. The number of ether oxygens (including phenoxy) is 1. The van der Waals surface area contributed by atoms with Crippen LogP contribution in [0.1, 0.15) is 36.8 Å². The van der Waals surface area contributed by atoms with E-state index in [0.29, 0.717) is 24.3 Å². The van der Waals surface area contributed by atoms with Gasteiger partial charge in [-0.15, -0.1) is 0 Å². The Hall–Kier alpha value is -2.41. The van der Waals surface area contributed by atoms with E-state index in [1.165, 1.54) is 32.3 Å². The molecule has 1 N–H and O–H groups in total. The Kier molecular flexibility index (Phi) is 4.40. The molecule has 7 heteroatoms. The molecule has 0 spiro atoms. The lowest BCUT2D eigenvalue weighted by Gasteiger charge is -2.16. The van der Waals surface area contributed by atoms with E-state index >= 15 is 0 Å². The molecule has 2 aliphatic rings. The molecule has 132 valence electrons. The molecule has 2 aromatic heterocycles. The Balaban J connectivity index is 1.34. The number of methoxy groups -OCH3 is 1. The first-order chi connectivity index (χ1) is 12.2. The number of hydrogen-bond acceptors (Lipinski definition) is 7. The van der Waals surface area contributed by atoms with Crippen LogP contribution >= 0.6 is 0 Å². The van der Waals surface area contributed by atoms with Gasteiger partial charge in [-0.25, -0.2) is 9.97 Å². The van der Waals surface area contributed by atoms with Crippen LogP contribution in [0.2, 0.25) is 0 Å². The standard InChI is InChI=1S/C18H22N4O3/c1-24-16-11-25-14(8-15(16)23)10-22-7-5-13(9-22)20-17-4-6-19-18(21-17)12-2-3-12/h4,6,8,11-13H,2-3,5,7,9-10H2,1H3,(H,19,20,21). The Bertz CT molecular complexity index is 803. The van der Waals surface area contributed by atoms with E-state index in [1.807, 2.05) is 12.3 Å². The minimum absolute atomic E-state index is 0.147. The van der Waals surface area contributed by atoms with Gasteiger partial charge in [-0.1, -0.05) is 0 Å². The van der Waals surface area contributed by atoms with E-state index in [9.17, 15) is 4.79 Å². The molecule has 0 radical (unpaired) electrons. The lowest BCUT2D eigenvalue weighted by Crippen LogP contribution is -2.26. The van der Waals surface area contributed by atoms with Crippen molar-refractivity contribution in [2.45, 2.75) is 37.8 Å². The third-order valence-electron chi connectivity index (χ3n) is 4.69. The van der Waals surface area contributed by atoms with Crippen LogP contribution in [0.4, 0.5) is 5.82 Å². The summed E-state index contributed by atoms with van der Waals surface area (Å²) in [4.78, 5) is 23.1. The molecule has 4 rings (SSSR count). The molecule has 1 saturated carbocycles. The number of nitrogens with zero attached hydrogens (tertiary/aromatic N) is 3. The summed E-state index contributed by atoms with van der Waals surface area (Å²) < 4.78 is 10.4. The summed E-state index contributed by atoms with van der Waals surface area (Å²) in [5, 5.41) is 3.50. The third-order valence-corrected chi connectivity index (χ3v) is 4.69. The van der Waals surface area contributed by atoms with Crippen LogP contribution in [-0.4, -0.2) is 41.1 Å². The summed E-state index contributed by atoms with van der Waals surface area (Å²) in [6.45, 7) is 2.46. The van der Waals surface area contributed by atoms with E-state index in [2.05, 4.69) is 20.2 Å². The zero-order valence-corrected chi connectivity index (χ0v) is 14.3. The summed E-state index contributed by atoms with van der Waals surface area (Å²) in [5.74, 6) is 3.31. The maximum absolute atomic E-state index is 11.8. The molecule has 1 aliphatic carbocycles. The summed E-state index contributed by atoms with van der Waals surface area (Å²) >= 11 is 0. The van der Waals surface area contributed by atoms with Crippen LogP contribution in [0.3, 0.4) is 0 Å². The van der Waals surface area contributed by atoms with Gasteiger partial charge in [-0.05, 0) is 25.3 Å². The lowest BCUT2D eigenvalue weighted by molar-refractivity contribution is 0.286. The highest BCUT2D eigenvalue weighted by atomic mass is 16.5. The molecular formula is C18H22N4O3. The lowest BCUT2D eigenvalue weighted by atomic mass is 10.2. The molecule has 0 amide bonds. The molecular weight excluding hydrogens is 320 g/mol. The van der Waals surface area contributed by atoms with Crippen LogP contribution in [0.15, 0.2) is 33.8 Å². The molecule has 2 aromatic rings. The number of anilines is 1. The van der Waals surface area contributed by atoms with Crippen molar-refractivity contribution in [2.75, 3.05) is 25.5 Å². The maximum Gasteiger partial charge on any atom is 0.227 e. The van der Waals surface area contributed by atoms with Crippen molar-refractivity contribution in [2.24, 2.45) is 0 Å². The van der Waals surface area contributed by atoms with E-state index < -0.39 is 0 Å². The molecule has 7 nitrogen and oxygen atoms in total. The van der Waals surface area contributed by atoms with Crippen molar-refractivity contribution in [1.82, 2.24) is 14.9 Å². The van der Waals surface area contributed by atoms with Crippen LogP contribution < -0.4 is 15.5 Å². The predicted octanol–water partition coefficient (Wildman–Crippen LogP) is 2.00. The fraction of sp³-hybridized carbons (Fsp3) is 0.500. The van der Waals surface area contributed by atoms with Gasteiger partial charge in [0.1, 0.15) is 23.7 Å². The first-order valence-electron chi connectivity index (χ1n) is 8.69. The number of likely N-dealkylation sites (tertiary alicyclic amines) is 1. The van der Waals surface area contributed by atoms with Crippen LogP contribution in [0.25, 0.3) is 0 Å². The topological polar surface area (TPSA) is 80.5 Å². The quantitative estimate of drug-likeness (QED) is 0.860. The van der Waals surface area contributed by atoms with Gasteiger partial charge in [0.2, 0.25) is 11.2 Å². The van der Waals surface area contributed by atoms with Gasteiger partial charge in [0.05, 0.1) is 13.7 Å². The van der Waals surface area contributed by atoms with Crippen molar-refractivity contribution in [3.05, 3.63) is 46.4 Å². The monoisotopic (exact) mass is 342 g/mol. The van der Waals surface area contributed by atoms with Gasteiger partial charge in [0.25, 0.3) is 0 Å². The fourth-order valence-corrected chi connectivity index (χ4v) is 3.19. The first kappa shape index (κ1) is 16.1. The van der Waals surface area contributed by atoms with Crippen LogP contribution in [-0.2, 0) is 6.54 Å². The summed E-state index contributed by atoms with van der Waals surface area (Å²) in [7, 11) is 1.46. The molecule has 1 saturated heterocycles. The number of rotatable bonds is 6. The van der Waals surface area contributed by atoms with Crippen molar-refractivity contribution in [3.63, 3.8) is 0 Å². The van der Waals surface area contributed by atoms with Crippen molar-refractivity contribution < 1.29 is 9.15 Å². The minimum atomic E-state index is -0.147. The normalized spacial score (nSPS) is 20.6. The van der Waals surface area contributed by atoms with E-state index in [4.69, 9.17) is 9.15 Å². The average molecular weight is 342 g/mol. The predicted molar refractivity (Wildman–Crippen MR) is 92.8 cm³/mol. The molecule has 0 bridgehead atoms. The molecule has 1 atom stereocenters. The second kappa shape index (κ2) is 6.84. The molecule has 2 fully saturated rings. The van der Waals surface area contributed by atoms with Gasteiger partial charge < -0.3 is 14.5 Å². The van der Waals surface area contributed by atoms with Gasteiger partial charge in [-0.3, -0.25) is 9.69 Å². The highest BCUT2D eigenvalue weighted by molar-refractivity contribution is 5.35. The Labute approximate surface area is 146 Å². The van der Waals surface area contributed by atoms with Crippen LogP contribution in [0.5, 0.6) is 5.75 Å². The van der Waals surface area contributed by atoms with Crippen molar-refractivity contribution in [3.8, 4) is 5.75 Å². The molecule has 3 heterocycles. The minimum Gasteiger partial charge on any atom is -0.490 e. The fourth-order valence-electron chi connectivity index (χ4n) is 3.19. The SMILES string of the molecule is COc1coc(CN2CCC(Nc3ccnc(C4CC4)n3)C2)cc1=O. The highest BCUT2D eigenvalue weighted by Gasteiger charge is 2.27. The van der Waals surface area contributed by atoms with Gasteiger partial charge in [0.15, 0.2) is 0 Å². The van der Waals surface area contributed by atoms with E-state index in [-0.39, 0.29) is 11.2 Å². The Morgan fingerprint density at radius 3 is 3.04 bits per heavy atom. The zero-order valence-electron chi connectivity index (χ0n) is 14.3. The summed E-state index contributed by atoms with van der Waals surface area (Å²) in [5.41, 5.74) is -0.147. The summed E-state index contributed by atoms with van der Waals surface area (Å²) in [6.07, 6.45) is 6.65. The van der Waals surface area contributed by atoms with Crippen molar-refractivity contribution in [1.29, 1.82) is 0 Å². The van der Waals surface area contributed by atoms with E-state index in [1.54, 1.807) is 0 Å². The molecule has 0 aromatic carbocycles. The molecule has 1 aliphatic heterocycles. The Morgan fingerprint density at radius 2 is 2.28 bits per heavy atom. The van der Waals surface area contributed by atoms with Crippen molar-refractivity contribution >= 4 is 5.82 Å². The average Bonchev–Trinajstić information content (AvgIpc) is 3.38. The van der Waals surface area contributed by atoms with E-state index in [0.717, 1.165) is 31.2 Å². The smallest absolute Gasteiger partial charge is 0.227 e. The number of aromatic nitrogens is 2. The zero-order chi connectivity index (χ0) is 17.2. The highest BCUT2D eigenvalue weighted by Crippen LogP contribution is 2.38. The number of hydrogen-bond donors (Lipinski definition) is 1. The van der Waals surface area contributed by atoms with Crippen LogP contribution in [0, 0.1) is 0 Å². The van der Waals surface area contributed by atoms with Gasteiger partial charge >= 0.3 is 0 Å². The number of nitrogens with one attached hydrogen (secondary N) is 1. The largest absolute Gasteiger partial charge is 0.490 e. The first-order valence-corrected chi connectivity index (χ1v) is 8.69. The Morgan fingerprint density at radius 1 is 1.40 bits per heavy atom. The summed E-state index contributed by atoms with van der Waals surface area (Å²) in [6, 6.07) is 3.77. The molecule has 25 heavy (non-hydrogen) atoms. The van der Waals surface area contributed by atoms with Gasteiger partial charge in [0, 0.05) is 37.3 Å². The third kappa shape index (κ3) is 3.82. The second-order valence-electron chi connectivity index (χ2n) is 6.72. The van der Waals surface area contributed by atoms with Gasteiger partial charge in [-0.2, -0.15) is 0 Å². The second-order valence-corrected chi connectivity index (χ2v) is 6.72.